The molecule has 134 valence electrons. The van der Waals surface area contributed by atoms with Crippen molar-refractivity contribution < 1.29 is 19.5 Å². The van der Waals surface area contributed by atoms with E-state index in [-0.39, 0.29) is 16.7 Å². The molecule has 2 N–H and O–H groups in total. The number of nitrogens with one attached hydrogen (secondary N) is 1. The van der Waals surface area contributed by atoms with Gasteiger partial charge < -0.3 is 15.0 Å². The molecular weight excluding hydrogens is 348 g/mol. The van der Waals surface area contributed by atoms with Crippen LogP contribution < -0.4 is 10.9 Å². The van der Waals surface area contributed by atoms with Gasteiger partial charge in [-0.1, -0.05) is 30.3 Å². The van der Waals surface area contributed by atoms with Gasteiger partial charge >= 0.3 is 5.97 Å². The molecule has 0 aliphatic heterocycles. The Balaban J connectivity index is 1.91. The van der Waals surface area contributed by atoms with Gasteiger partial charge in [0.15, 0.2) is 5.78 Å². The number of benzene rings is 2. The van der Waals surface area contributed by atoms with E-state index < -0.39 is 18.3 Å². The molecule has 0 saturated carbocycles. The van der Waals surface area contributed by atoms with Crippen molar-refractivity contribution in [1.82, 2.24) is 4.57 Å². The minimum atomic E-state index is -1.25. The number of hydrogen-bond donors (Lipinski definition) is 2. The minimum absolute atomic E-state index is 0.149. The van der Waals surface area contributed by atoms with Crippen molar-refractivity contribution in [1.29, 1.82) is 0 Å². The summed E-state index contributed by atoms with van der Waals surface area (Å²) >= 11 is 0. The molecule has 0 spiro atoms. The van der Waals surface area contributed by atoms with Crippen LogP contribution in [0, 0.1) is 0 Å². The summed E-state index contributed by atoms with van der Waals surface area (Å²) in [5, 5.41) is 11.9. The maximum atomic E-state index is 12.9. The highest BCUT2D eigenvalue weighted by molar-refractivity contribution is 6.26. The monoisotopic (exact) mass is 362 g/mol. The van der Waals surface area contributed by atoms with Gasteiger partial charge in [0.2, 0.25) is 5.91 Å². The summed E-state index contributed by atoms with van der Waals surface area (Å²) in [6.07, 6.45) is -0.673. The molecule has 7 heteroatoms. The van der Waals surface area contributed by atoms with Crippen LogP contribution in [0.4, 0.5) is 5.69 Å². The number of carboxylic acid groups (broad SMARTS) is 1. The molecule has 0 bridgehead atoms. The predicted octanol–water partition coefficient (Wildman–Crippen LogP) is 2.16. The summed E-state index contributed by atoms with van der Waals surface area (Å²) in [5.41, 5.74) is 2.30. The average Bonchev–Trinajstić information content (AvgIpc) is 2.92. The number of amides is 1. The third-order valence-electron chi connectivity index (χ3n) is 4.65. The zero-order valence-corrected chi connectivity index (χ0v) is 14.3. The number of carbonyl (C=O) groups is 3. The Kier molecular flexibility index (Phi) is 3.66. The Bertz CT molecular complexity index is 1220. The lowest BCUT2D eigenvalue weighted by molar-refractivity contribution is -0.139. The molecule has 3 aromatic rings. The Labute approximate surface area is 152 Å². The van der Waals surface area contributed by atoms with Crippen LogP contribution in [-0.2, 0) is 16.6 Å². The third-order valence-corrected chi connectivity index (χ3v) is 4.65. The largest absolute Gasteiger partial charge is 0.481 e. The molecule has 7 nitrogen and oxygen atoms in total. The number of nitrogens with zero attached hydrogens (tertiary/aromatic N) is 1. The number of hydrogen-bond acceptors (Lipinski definition) is 4. The smallest absolute Gasteiger partial charge is 0.312 e. The normalized spacial score (nSPS) is 12.0. The van der Waals surface area contributed by atoms with Gasteiger partial charge in [-0.25, -0.2) is 0 Å². The van der Waals surface area contributed by atoms with Gasteiger partial charge in [0.1, 0.15) is 6.42 Å². The molecule has 2 aromatic carbocycles. The highest BCUT2D eigenvalue weighted by atomic mass is 16.4. The fraction of sp³-hybridized carbons (Fsp3) is 0.100. The van der Waals surface area contributed by atoms with Crippen LogP contribution in [0.2, 0.25) is 0 Å². The van der Waals surface area contributed by atoms with E-state index in [0.717, 1.165) is 5.56 Å². The molecule has 0 saturated heterocycles. The Morgan fingerprint density at radius 2 is 1.74 bits per heavy atom. The molecule has 0 atom stereocenters. The van der Waals surface area contributed by atoms with Crippen molar-refractivity contribution in [2.45, 2.75) is 6.42 Å². The third kappa shape index (κ3) is 2.52. The Morgan fingerprint density at radius 1 is 1.04 bits per heavy atom. The molecule has 0 unspecified atom stereocenters. The first-order valence-electron chi connectivity index (χ1n) is 8.21. The van der Waals surface area contributed by atoms with Crippen LogP contribution in [-0.4, -0.2) is 27.3 Å². The van der Waals surface area contributed by atoms with E-state index in [0.29, 0.717) is 27.9 Å². The molecule has 4 rings (SSSR count). The average molecular weight is 362 g/mol. The van der Waals surface area contributed by atoms with Gasteiger partial charge in [0, 0.05) is 29.2 Å². The number of carbonyl (C=O) groups excluding carboxylic acids is 2. The highest BCUT2D eigenvalue weighted by Gasteiger charge is 2.31. The summed E-state index contributed by atoms with van der Waals surface area (Å²) in [6.45, 7) is 0. The van der Waals surface area contributed by atoms with Gasteiger partial charge in [0.25, 0.3) is 5.56 Å². The van der Waals surface area contributed by atoms with E-state index in [1.165, 1.54) is 10.6 Å². The fourth-order valence-electron chi connectivity index (χ4n) is 3.50. The second-order valence-corrected chi connectivity index (χ2v) is 6.34. The van der Waals surface area contributed by atoms with E-state index in [2.05, 4.69) is 5.32 Å². The number of rotatable bonds is 3. The number of carboxylic acids is 1. The zero-order chi connectivity index (χ0) is 19.3. The van der Waals surface area contributed by atoms with Crippen molar-refractivity contribution in [3.8, 4) is 11.3 Å². The van der Waals surface area contributed by atoms with E-state index in [9.17, 15) is 19.2 Å². The first-order valence-corrected chi connectivity index (χ1v) is 8.21. The topological polar surface area (TPSA) is 105 Å². The fourth-order valence-corrected chi connectivity index (χ4v) is 3.50. The van der Waals surface area contributed by atoms with E-state index in [4.69, 9.17) is 5.11 Å². The molecule has 1 aromatic heterocycles. The van der Waals surface area contributed by atoms with Gasteiger partial charge in [-0.2, -0.15) is 0 Å². The van der Waals surface area contributed by atoms with Crippen molar-refractivity contribution in [3.05, 3.63) is 63.9 Å². The highest BCUT2D eigenvalue weighted by Crippen LogP contribution is 2.39. The van der Waals surface area contributed by atoms with Crippen LogP contribution in [0.25, 0.3) is 22.0 Å². The summed E-state index contributed by atoms with van der Waals surface area (Å²) in [7, 11) is 1.60. The van der Waals surface area contributed by atoms with Crippen LogP contribution in [0.3, 0.4) is 0 Å². The number of aromatic nitrogens is 1. The van der Waals surface area contributed by atoms with Crippen molar-refractivity contribution in [3.63, 3.8) is 0 Å². The lowest BCUT2D eigenvalue weighted by Crippen LogP contribution is -2.21. The zero-order valence-electron chi connectivity index (χ0n) is 14.3. The molecular formula is C20H14N2O5. The van der Waals surface area contributed by atoms with Crippen LogP contribution in [0.1, 0.15) is 22.3 Å². The van der Waals surface area contributed by atoms with Crippen LogP contribution in [0.15, 0.2) is 47.3 Å². The molecule has 1 amide bonds. The van der Waals surface area contributed by atoms with Crippen molar-refractivity contribution in [2.24, 2.45) is 7.05 Å². The summed E-state index contributed by atoms with van der Waals surface area (Å²) < 4.78 is 1.43. The number of anilines is 1. The molecule has 0 fully saturated rings. The molecule has 1 heterocycles. The number of fused-ring (bicyclic) bond motifs is 5. The Hall–Kier alpha value is -3.74. The van der Waals surface area contributed by atoms with Gasteiger partial charge in [-0.3, -0.25) is 19.2 Å². The first-order chi connectivity index (χ1) is 12.9. The number of pyridine rings is 1. The van der Waals surface area contributed by atoms with Crippen LogP contribution in [0.5, 0.6) is 0 Å². The first kappa shape index (κ1) is 16.7. The minimum Gasteiger partial charge on any atom is -0.481 e. The maximum Gasteiger partial charge on any atom is 0.312 e. The Morgan fingerprint density at radius 3 is 2.44 bits per heavy atom. The SMILES string of the molecule is Cn1c2c(c3ccc(NC(=O)CC(=O)O)cc3c1=O)C(=O)c1ccccc1-2. The standard InChI is InChI=1S/C20H14N2O5/c1-22-18-12-4-2-3-5-13(12)19(26)17(18)11-7-6-10(8-14(11)20(22)27)21-15(23)9-16(24)25/h2-8H,9H2,1H3,(H,21,23)(H,24,25). The summed E-state index contributed by atoms with van der Waals surface area (Å²) in [5.74, 6) is -2.09. The van der Waals surface area contributed by atoms with Gasteiger partial charge in [-0.05, 0) is 12.1 Å². The van der Waals surface area contributed by atoms with Crippen LogP contribution >= 0.6 is 0 Å². The number of ketones is 1. The van der Waals surface area contributed by atoms with E-state index in [1.807, 2.05) is 12.1 Å². The second-order valence-electron chi connectivity index (χ2n) is 6.34. The van der Waals surface area contributed by atoms with Crippen molar-refractivity contribution in [2.75, 3.05) is 5.32 Å². The van der Waals surface area contributed by atoms with E-state index in [1.54, 1.807) is 31.3 Å². The molecule has 0 radical (unpaired) electrons. The molecule has 27 heavy (non-hydrogen) atoms. The lowest BCUT2D eigenvalue weighted by atomic mass is 10.0. The second kappa shape index (κ2) is 5.91. The quantitative estimate of drug-likeness (QED) is 0.543. The van der Waals surface area contributed by atoms with E-state index >= 15 is 0 Å². The number of aliphatic carboxylic acids is 1. The molecule has 1 aliphatic carbocycles. The van der Waals surface area contributed by atoms with Crippen molar-refractivity contribution >= 4 is 34.1 Å². The summed E-state index contributed by atoms with van der Waals surface area (Å²) in [6, 6.07) is 11.8. The maximum absolute atomic E-state index is 12.9. The van der Waals surface area contributed by atoms with Gasteiger partial charge in [0.05, 0.1) is 16.6 Å². The lowest BCUT2D eigenvalue weighted by Gasteiger charge is -2.12. The summed E-state index contributed by atoms with van der Waals surface area (Å²) in [4.78, 5) is 48.1. The molecule has 1 aliphatic rings. The predicted molar refractivity (Wildman–Crippen MR) is 98.9 cm³/mol. The van der Waals surface area contributed by atoms with Gasteiger partial charge in [-0.15, -0.1) is 0 Å².